The van der Waals surface area contributed by atoms with Gasteiger partial charge in [-0.25, -0.2) is 4.39 Å². The van der Waals surface area contributed by atoms with E-state index < -0.39 is 6.10 Å². The molecular weight excluding hydrogens is 373 g/mol. The van der Waals surface area contributed by atoms with Crippen LogP contribution >= 0.6 is 0 Å². The van der Waals surface area contributed by atoms with Gasteiger partial charge in [0.1, 0.15) is 17.3 Å². The number of halogens is 1. The Kier molecular flexibility index (Phi) is 8.27. The first-order chi connectivity index (χ1) is 13.9. The topological polar surface area (TPSA) is 75.1 Å². The van der Waals surface area contributed by atoms with Gasteiger partial charge in [0.05, 0.1) is 32.9 Å². The van der Waals surface area contributed by atoms with Crippen molar-refractivity contribution in [2.24, 2.45) is 4.99 Å². The van der Waals surface area contributed by atoms with E-state index in [9.17, 15) is 9.50 Å². The third kappa shape index (κ3) is 6.35. The first kappa shape index (κ1) is 22.5. The number of aliphatic hydroxyl groups is 1. The van der Waals surface area contributed by atoms with Gasteiger partial charge >= 0.3 is 0 Å². The smallest absolute Gasteiger partial charge is 0.191 e. The highest BCUT2D eigenvalue weighted by Crippen LogP contribution is 2.26. The molecule has 2 unspecified atom stereocenters. The molecule has 6 nitrogen and oxygen atoms in total. The largest absolute Gasteiger partial charge is 0.497 e. The minimum absolute atomic E-state index is 0.140. The van der Waals surface area contributed by atoms with E-state index in [0.29, 0.717) is 35.1 Å². The summed E-state index contributed by atoms with van der Waals surface area (Å²) in [6.45, 7) is 6.42. The van der Waals surface area contributed by atoms with E-state index in [1.807, 2.05) is 19.9 Å². The van der Waals surface area contributed by atoms with Gasteiger partial charge in [-0.15, -0.1) is 0 Å². The van der Waals surface area contributed by atoms with Gasteiger partial charge in [0.15, 0.2) is 5.96 Å². The summed E-state index contributed by atoms with van der Waals surface area (Å²) in [6, 6.07) is 10.3. The number of nitrogens with zero attached hydrogens (tertiary/aromatic N) is 1. The molecule has 0 amide bonds. The molecular formula is C22H30FN3O3. The number of aliphatic imine (C=N–C) groups is 1. The van der Waals surface area contributed by atoms with Gasteiger partial charge in [-0.2, -0.15) is 0 Å². The molecule has 0 saturated heterocycles. The highest BCUT2D eigenvalue weighted by molar-refractivity contribution is 5.80. The van der Waals surface area contributed by atoms with Gasteiger partial charge in [0, 0.05) is 12.6 Å². The second kappa shape index (κ2) is 10.7. The standard InChI is InChI=1S/C22H30FN3O3/c1-6-24-22(26-15(3)16-8-7-14(2)20(23)11-16)25-13-21(27)17-9-18(28-4)12-19(10-17)29-5/h7-12,15,21,27H,6,13H2,1-5H3,(H2,24,25,26). The number of rotatable bonds is 8. The van der Waals surface area contributed by atoms with Crippen LogP contribution in [0.5, 0.6) is 11.5 Å². The molecule has 0 aromatic heterocycles. The lowest BCUT2D eigenvalue weighted by Crippen LogP contribution is -2.39. The van der Waals surface area contributed by atoms with Crippen LogP contribution in [0.15, 0.2) is 41.4 Å². The van der Waals surface area contributed by atoms with Crippen LogP contribution in [0.4, 0.5) is 4.39 Å². The number of ether oxygens (including phenoxy) is 2. The van der Waals surface area contributed by atoms with Gasteiger partial charge < -0.3 is 25.2 Å². The van der Waals surface area contributed by atoms with Gasteiger partial charge in [0.2, 0.25) is 0 Å². The maximum absolute atomic E-state index is 13.9. The number of aryl methyl sites for hydroxylation is 1. The fourth-order valence-electron chi connectivity index (χ4n) is 2.79. The molecule has 3 N–H and O–H groups in total. The van der Waals surface area contributed by atoms with Gasteiger partial charge in [-0.1, -0.05) is 12.1 Å². The van der Waals surface area contributed by atoms with Crippen molar-refractivity contribution in [2.75, 3.05) is 27.3 Å². The fraction of sp³-hybridized carbons (Fsp3) is 0.409. The number of aliphatic hydroxyl groups excluding tert-OH is 1. The molecule has 0 aliphatic rings. The number of hydrogen-bond donors (Lipinski definition) is 3. The van der Waals surface area contributed by atoms with Gasteiger partial charge in [-0.05, 0) is 55.7 Å². The SMILES string of the molecule is CCNC(=NCC(O)c1cc(OC)cc(OC)c1)NC(C)c1ccc(C)c(F)c1. The average molecular weight is 403 g/mol. The molecule has 0 bridgehead atoms. The first-order valence-corrected chi connectivity index (χ1v) is 9.59. The fourth-order valence-corrected chi connectivity index (χ4v) is 2.79. The Hall–Kier alpha value is -2.80. The maximum atomic E-state index is 13.9. The summed E-state index contributed by atoms with van der Waals surface area (Å²) in [5.41, 5.74) is 2.07. The van der Waals surface area contributed by atoms with E-state index in [-0.39, 0.29) is 18.4 Å². The molecule has 0 aliphatic heterocycles. The first-order valence-electron chi connectivity index (χ1n) is 9.59. The maximum Gasteiger partial charge on any atom is 0.191 e. The molecule has 2 rings (SSSR count). The number of nitrogens with one attached hydrogen (secondary N) is 2. The van der Waals surface area contributed by atoms with Crippen molar-refractivity contribution in [1.29, 1.82) is 0 Å². The van der Waals surface area contributed by atoms with E-state index in [4.69, 9.17) is 9.47 Å². The minimum atomic E-state index is -0.832. The third-order valence-electron chi connectivity index (χ3n) is 4.57. The normalized spacial score (nSPS) is 13.6. The molecule has 0 fully saturated rings. The lowest BCUT2D eigenvalue weighted by molar-refractivity contribution is 0.186. The number of benzene rings is 2. The molecule has 0 heterocycles. The van der Waals surface area contributed by atoms with Crippen LogP contribution in [0.25, 0.3) is 0 Å². The number of methoxy groups -OCH3 is 2. The number of guanidine groups is 1. The Morgan fingerprint density at radius 1 is 1.10 bits per heavy atom. The zero-order valence-corrected chi connectivity index (χ0v) is 17.6. The molecule has 2 atom stereocenters. The Balaban J connectivity index is 2.12. The van der Waals surface area contributed by atoms with Crippen LogP contribution in [0.3, 0.4) is 0 Å². The van der Waals surface area contributed by atoms with Crippen molar-refractivity contribution in [3.63, 3.8) is 0 Å². The van der Waals surface area contributed by atoms with E-state index in [1.54, 1.807) is 45.4 Å². The Labute approximate surface area is 171 Å². The number of hydrogen-bond acceptors (Lipinski definition) is 4. The quantitative estimate of drug-likeness (QED) is 0.465. The molecule has 0 spiro atoms. The zero-order chi connectivity index (χ0) is 21.4. The summed E-state index contributed by atoms with van der Waals surface area (Å²) in [7, 11) is 3.12. The van der Waals surface area contributed by atoms with Crippen LogP contribution < -0.4 is 20.1 Å². The zero-order valence-electron chi connectivity index (χ0n) is 17.6. The molecule has 2 aromatic carbocycles. The molecule has 0 radical (unpaired) electrons. The van der Waals surface area contributed by atoms with Crippen molar-refractivity contribution in [1.82, 2.24) is 10.6 Å². The average Bonchev–Trinajstić information content (AvgIpc) is 2.73. The second-order valence-electron chi connectivity index (χ2n) is 6.76. The van der Waals surface area contributed by atoms with Crippen LogP contribution in [0, 0.1) is 12.7 Å². The van der Waals surface area contributed by atoms with Gasteiger partial charge in [-0.3, -0.25) is 4.99 Å². The molecule has 158 valence electrons. The van der Waals surface area contributed by atoms with Crippen LogP contribution in [-0.4, -0.2) is 38.4 Å². The van der Waals surface area contributed by atoms with Gasteiger partial charge in [0.25, 0.3) is 0 Å². The highest BCUT2D eigenvalue weighted by Gasteiger charge is 2.13. The molecule has 29 heavy (non-hydrogen) atoms. The van der Waals surface area contributed by atoms with E-state index in [0.717, 1.165) is 5.56 Å². The third-order valence-corrected chi connectivity index (χ3v) is 4.57. The monoisotopic (exact) mass is 403 g/mol. The molecule has 2 aromatic rings. The summed E-state index contributed by atoms with van der Waals surface area (Å²) in [6.07, 6.45) is -0.832. The summed E-state index contributed by atoms with van der Waals surface area (Å²) in [5, 5.41) is 17.0. The Morgan fingerprint density at radius 2 is 1.76 bits per heavy atom. The van der Waals surface area contributed by atoms with Crippen molar-refractivity contribution >= 4 is 5.96 Å². The van der Waals surface area contributed by atoms with Crippen molar-refractivity contribution in [2.45, 2.75) is 32.9 Å². The minimum Gasteiger partial charge on any atom is -0.497 e. The van der Waals surface area contributed by atoms with E-state index >= 15 is 0 Å². The second-order valence-corrected chi connectivity index (χ2v) is 6.76. The Bertz CT molecular complexity index is 820. The van der Waals surface area contributed by atoms with Crippen molar-refractivity contribution < 1.29 is 19.0 Å². The summed E-state index contributed by atoms with van der Waals surface area (Å²) < 4.78 is 24.4. The predicted octanol–water partition coefficient (Wildman–Crippen LogP) is 3.50. The molecule has 7 heteroatoms. The van der Waals surface area contributed by atoms with E-state index in [2.05, 4.69) is 15.6 Å². The highest BCUT2D eigenvalue weighted by atomic mass is 19.1. The lowest BCUT2D eigenvalue weighted by Gasteiger charge is -2.19. The summed E-state index contributed by atoms with van der Waals surface area (Å²) in [5.74, 6) is 1.50. The Morgan fingerprint density at radius 3 is 2.31 bits per heavy atom. The lowest BCUT2D eigenvalue weighted by atomic mass is 10.1. The van der Waals surface area contributed by atoms with Crippen LogP contribution in [0.1, 0.15) is 42.7 Å². The molecule has 0 saturated carbocycles. The van der Waals surface area contributed by atoms with Crippen LogP contribution in [0.2, 0.25) is 0 Å². The van der Waals surface area contributed by atoms with E-state index in [1.165, 1.54) is 6.07 Å². The molecule has 0 aliphatic carbocycles. The predicted molar refractivity (Wildman–Crippen MR) is 113 cm³/mol. The van der Waals surface area contributed by atoms with Crippen molar-refractivity contribution in [3.05, 3.63) is 58.9 Å². The van der Waals surface area contributed by atoms with Crippen LogP contribution in [-0.2, 0) is 0 Å². The summed E-state index contributed by atoms with van der Waals surface area (Å²) in [4.78, 5) is 4.48. The summed E-state index contributed by atoms with van der Waals surface area (Å²) >= 11 is 0. The van der Waals surface area contributed by atoms with Crippen molar-refractivity contribution in [3.8, 4) is 11.5 Å².